The van der Waals surface area contributed by atoms with Gasteiger partial charge in [0, 0.05) is 18.6 Å². The first-order chi connectivity index (χ1) is 7.63. The highest BCUT2D eigenvalue weighted by molar-refractivity contribution is 6.35. The SMILES string of the molecule is C#Cc1cc(Cl)c2ccn(C)c2n1.CCC. The monoisotopic (exact) mass is 234 g/mol. The molecular weight excluding hydrogens is 220 g/mol. The lowest BCUT2D eigenvalue weighted by Gasteiger charge is -1.98. The number of fused-ring (bicyclic) bond motifs is 1. The smallest absolute Gasteiger partial charge is 0.142 e. The molecule has 0 bridgehead atoms. The van der Waals surface area contributed by atoms with E-state index in [9.17, 15) is 0 Å². The first kappa shape index (κ1) is 12.6. The number of aryl methyl sites for hydroxylation is 1. The molecule has 3 heteroatoms. The second-order valence-corrected chi connectivity index (χ2v) is 3.91. The highest BCUT2D eigenvalue weighted by atomic mass is 35.5. The van der Waals surface area contributed by atoms with Gasteiger partial charge < -0.3 is 4.57 Å². The Labute approximate surface area is 101 Å². The van der Waals surface area contributed by atoms with Crippen molar-refractivity contribution in [1.82, 2.24) is 9.55 Å². The van der Waals surface area contributed by atoms with E-state index >= 15 is 0 Å². The molecule has 16 heavy (non-hydrogen) atoms. The number of rotatable bonds is 0. The fourth-order valence-electron chi connectivity index (χ4n) is 1.27. The van der Waals surface area contributed by atoms with Crippen molar-refractivity contribution in [2.45, 2.75) is 20.3 Å². The first-order valence-electron chi connectivity index (χ1n) is 5.22. The summed E-state index contributed by atoms with van der Waals surface area (Å²) in [5, 5.41) is 1.58. The van der Waals surface area contributed by atoms with Crippen LogP contribution >= 0.6 is 11.6 Å². The Bertz CT molecular complexity index is 520. The van der Waals surface area contributed by atoms with E-state index in [0.29, 0.717) is 10.7 Å². The molecule has 0 saturated heterocycles. The van der Waals surface area contributed by atoms with E-state index in [1.165, 1.54) is 6.42 Å². The van der Waals surface area contributed by atoms with Gasteiger partial charge in [-0.2, -0.15) is 0 Å². The predicted octanol–water partition coefficient (Wildman–Crippen LogP) is 3.62. The molecule has 0 N–H and O–H groups in total. The Morgan fingerprint density at radius 2 is 2.12 bits per heavy atom. The van der Waals surface area contributed by atoms with Crippen molar-refractivity contribution in [3.05, 3.63) is 29.0 Å². The summed E-state index contributed by atoms with van der Waals surface area (Å²) in [6, 6.07) is 3.62. The maximum atomic E-state index is 6.01. The largest absolute Gasteiger partial charge is 0.335 e. The van der Waals surface area contributed by atoms with E-state index in [1.54, 1.807) is 6.07 Å². The van der Waals surface area contributed by atoms with Crippen molar-refractivity contribution >= 4 is 22.6 Å². The van der Waals surface area contributed by atoms with Crippen LogP contribution in [-0.2, 0) is 7.05 Å². The highest BCUT2D eigenvalue weighted by Gasteiger charge is 2.05. The first-order valence-corrected chi connectivity index (χ1v) is 5.60. The molecule has 2 aromatic heterocycles. The van der Waals surface area contributed by atoms with Crippen LogP contribution in [-0.4, -0.2) is 9.55 Å². The van der Waals surface area contributed by atoms with E-state index in [-0.39, 0.29) is 0 Å². The van der Waals surface area contributed by atoms with Crippen molar-refractivity contribution in [2.24, 2.45) is 7.05 Å². The Morgan fingerprint density at radius 1 is 1.50 bits per heavy atom. The fourth-order valence-corrected chi connectivity index (χ4v) is 1.52. The van der Waals surface area contributed by atoms with Crippen LogP contribution in [0.25, 0.3) is 11.0 Å². The van der Waals surface area contributed by atoms with Crippen LogP contribution < -0.4 is 0 Å². The quantitative estimate of drug-likeness (QED) is 0.637. The zero-order chi connectivity index (χ0) is 12.1. The van der Waals surface area contributed by atoms with Gasteiger partial charge in [0.05, 0.1) is 5.02 Å². The lowest BCUT2D eigenvalue weighted by molar-refractivity contribution is 0.947. The van der Waals surface area contributed by atoms with Crippen LogP contribution in [0.5, 0.6) is 0 Å². The maximum Gasteiger partial charge on any atom is 0.142 e. The van der Waals surface area contributed by atoms with E-state index in [0.717, 1.165) is 11.0 Å². The molecule has 0 amide bonds. The van der Waals surface area contributed by atoms with Gasteiger partial charge >= 0.3 is 0 Å². The minimum Gasteiger partial charge on any atom is -0.335 e. The fraction of sp³-hybridized carbons (Fsp3) is 0.308. The number of hydrogen-bond acceptors (Lipinski definition) is 1. The molecule has 0 aromatic carbocycles. The minimum absolute atomic E-state index is 0.569. The third kappa shape index (κ3) is 2.56. The lowest BCUT2D eigenvalue weighted by atomic mass is 10.3. The second-order valence-electron chi connectivity index (χ2n) is 3.50. The summed E-state index contributed by atoms with van der Waals surface area (Å²) in [6.07, 6.45) is 8.40. The van der Waals surface area contributed by atoms with Gasteiger partial charge in [-0.3, -0.25) is 0 Å². The third-order valence-electron chi connectivity index (χ3n) is 1.93. The Balaban J connectivity index is 0.000000386. The van der Waals surface area contributed by atoms with Crippen LogP contribution in [0.1, 0.15) is 26.0 Å². The summed E-state index contributed by atoms with van der Waals surface area (Å²) in [6.45, 7) is 4.25. The van der Waals surface area contributed by atoms with Crippen molar-refractivity contribution in [2.75, 3.05) is 0 Å². The number of hydrogen-bond donors (Lipinski definition) is 0. The molecule has 0 fully saturated rings. The zero-order valence-electron chi connectivity index (χ0n) is 9.79. The van der Waals surface area contributed by atoms with Gasteiger partial charge in [0.2, 0.25) is 0 Å². The average molecular weight is 235 g/mol. The van der Waals surface area contributed by atoms with Gasteiger partial charge in [0.15, 0.2) is 0 Å². The summed E-state index contributed by atoms with van der Waals surface area (Å²) in [7, 11) is 1.91. The summed E-state index contributed by atoms with van der Waals surface area (Å²) < 4.78 is 1.89. The zero-order valence-corrected chi connectivity index (χ0v) is 10.5. The summed E-state index contributed by atoms with van der Waals surface area (Å²) in [5.74, 6) is 2.47. The van der Waals surface area contributed by atoms with Gasteiger partial charge in [-0.25, -0.2) is 4.98 Å². The molecule has 0 spiro atoms. The highest BCUT2D eigenvalue weighted by Crippen LogP contribution is 2.22. The van der Waals surface area contributed by atoms with Crippen molar-refractivity contribution in [3.8, 4) is 12.3 Å². The van der Waals surface area contributed by atoms with Crippen LogP contribution in [0.4, 0.5) is 0 Å². The normalized spacial score (nSPS) is 9.44. The number of terminal acetylenes is 1. The summed E-state index contributed by atoms with van der Waals surface area (Å²) >= 11 is 6.01. The Hall–Kier alpha value is -1.46. The molecule has 0 aliphatic carbocycles. The lowest BCUT2D eigenvalue weighted by Crippen LogP contribution is -1.90. The minimum atomic E-state index is 0.569. The van der Waals surface area contributed by atoms with Crippen molar-refractivity contribution < 1.29 is 0 Å². The van der Waals surface area contributed by atoms with E-state index in [1.807, 2.05) is 23.9 Å². The molecule has 2 aromatic rings. The van der Waals surface area contributed by atoms with E-state index in [4.69, 9.17) is 18.0 Å². The number of halogens is 1. The molecule has 0 atom stereocenters. The molecule has 0 aliphatic heterocycles. The molecule has 2 heterocycles. The Kier molecular flexibility index (Phi) is 4.39. The molecule has 0 unspecified atom stereocenters. The van der Waals surface area contributed by atoms with Gasteiger partial charge in [0.25, 0.3) is 0 Å². The number of aromatic nitrogens is 2. The van der Waals surface area contributed by atoms with Gasteiger partial charge in [-0.15, -0.1) is 6.42 Å². The number of nitrogens with zero attached hydrogens (tertiary/aromatic N) is 2. The topological polar surface area (TPSA) is 17.8 Å². The van der Waals surface area contributed by atoms with E-state index < -0.39 is 0 Å². The maximum absolute atomic E-state index is 6.01. The van der Waals surface area contributed by atoms with Crippen LogP contribution in [0.3, 0.4) is 0 Å². The van der Waals surface area contributed by atoms with Gasteiger partial charge in [-0.1, -0.05) is 37.8 Å². The average Bonchev–Trinajstić information content (AvgIpc) is 2.62. The predicted molar refractivity (Wildman–Crippen MR) is 69.6 cm³/mol. The standard InChI is InChI=1S/C10H7ClN2.C3H8/c1-3-7-6-9(11)8-4-5-13(2)10(8)12-7;1-3-2/h1,4-6H,2H3;3H2,1-2H3. The van der Waals surface area contributed by atoms with Crippen LogP contribution in [0, 0.1) is 12.3 Å². The van der Waals surface area contributed by atoms with Crippen LogP contribution in [0.15, 0.2) is 18.3 Å². The summed E-state index contributed by atoms with van der Waals surface area (Å²) in [4.78, 5) is 4.26. The van der Waals surface area contributed by atoms with E-state index in [2.05, 4.69) is 24.8 Å². The second kappa shape index (κ2) is 5.58. The van der Waals surface area contributed by atoms with Crippen molar-refractivity contribution in [1.29, 1.82) is 0 Å². The molecule has 0 saturated carbocycles. The summed E-state index contributed by atoms with van der Waals surface area (Å²) in [5.41, 5.74) is 1.39. The van der Waals surface area contributed by atoms with Gasteiger partial charge in [-0.05, 0) is 12.1 Å². The molecule has 0 aliphatic rings. The molecule has 2 rings (SSSR count). The molecular formula is C13H15ClN2. The van der Waals surface area contributed by atoms with Gasteiger partial charge in [0.1, 0.15) is 11.3 Å². The number of pyridine rings is 1. The third-order valence-corrected chi connectivity index (χ3v) is 2.25. The molecule has 84 valence electrons. The molecule has 0 radical (unpaired) electrons. The van der Waals surface area contributed by atoms with Crippen LogP contribution in [0.2, 0.25) is 5.02 Å². The Morgan fingerprint density at radius 3 is 2.69 bits per heavy atom. The van der Waals surface area contributed by atoms with Crippen molar-refractivity contribution in [3.63, 3.8) is 0 Å². The molecule has 2 nitrogen and oxygen atoms in total.